The van der Waals surface area contributed by atoms with Crippen molar-refractivity contribution in [2.45, 2.75) is 44.9 Å². The maximum Gasteiger partial charge on any atom is 0.573 e. The number of phenolic OH excluding ortho intramolecular Hbond substituents is 1. The van der Waals surface area contributed by atoms with E-state index >= 15 is 0 Å². The number of benzene rings is 1. The van der Waals surface area contributed by atoms with Gasteiger partial charge >= 0.3 is 18.2 Å². The summed E-state index contributed by atoms with van der Waals surface area (Å²) in [6.45, 7) is 2.49. The van der Waals surface area contributed by atoms with Gasteiger partial charge in [-0.05, 0) is 29.0 Å². The Labute approximate surface area is 156 Å². The van der Waals surface area contributed by atoms with Crippen LogP contribution in [0.1, 0.15) is 18.9 Å². The molecule has 12 heteroatoms. The molecule has 3 rings (SSSR count). The third-order valence-corrected chi connectivity index (χ3v) is 4.23. The average Bonchev–Trinajstić information content (AvgIpc) is 3.03. The Morgan fingerprint density at radius 1 is 1.50 bits per heavy atom. The van der Waals surface area contributed by atoms with Gasteiger partial charge < -0.3 is 30.0 Å². The van der Waals surface area contributed by atoms with Crippen molar-refractivity contribution in [1.29, 1.82) is 0 Å². The number of halogens is 3. The maximum absolute atomic E-state index is 12.3. The number of aromatic hydroxyl groups is 1. The minimum Gasteiger partial charge on any atom is -0.504 e. The summed E-state index contributed by atoms with van der Waals surface area (Å²) in [4.78, 5) is 14.1. The van der Waals surface area contributed by atoms with Gasteiger partial charge in [-0.15, -0.1) is 13.2 Å². The highest BCUT2D eigenvalue weighted by Gasteiger charge is 2.34. The van der Waals surface area contributed by atoms with Crippen LogP contribution in [0.2, 0.25) is 0 Å². The predicted molar refractivity (Wildman–Crippen MR) is 89.0 cm³/mol. The molecule has 0 amide bonds. The normalized spacial score (nSPS) is 19.0. The Bertz CT molecular complexity index is 870. The number of fused-ring (bicyclic) bond motifs is 1. The lowest BCUT2D eigenvalue weighted by Gasteiger charge is -2.31. The zero-order valence-corrected chi connectivity index (χ0v) is 14.6. The minimum absolute atomic E-state index is 0.169. The van der Waals surface area contributed by atoms with Crippen LogP contribution in [-0.4, -0.2) is 38.1 Å². The highest BCUT2D eigenvalue weighted by Crippen LogP contribution is 2.32. The Balaban J connectivity index is 1.67. The van der Waals surface area contributed by atoms with E-state index in [0.29, 0.717) is 18.5 Å². The fraction of sp³-hybridized carbons (Fsp3) is 0.438. The van der Waals surface area contributed by atoms with Crippen molar-refractivity contribution in [2.24, 2.45) is 0 Å². The van der Waals surface area contributed by atoms with Crippen molar-refractivity contribution in [1.82, 2.24) is 14.9 Å². The van der Waals surface area contributed by atoms with E-state index in [0.717, 1.165) is 6.07 Å². The molecule has 0 saturated carbocycles. The molecular formula is C16H17F3N4O5. The Kier molecular flexibility index (Phi) is 5.31. The van der Waals surface area contributed by atoms with E-state index in [2.05, 4.69) is 15.0 Å². The van der Waals surface area contributed by atoms with Crippen LogP contribution in [0.3, 0.4) is 0 Å². The number of ether oxygens (including phenoxy) is 2. The fourth-order valence-corrected chi connectivity index (χ4v) is 2.94. The monoisotopic (exact) mass is 402 g/mol. The highest BCUT2D eigenvalue weighted by atomic mass is 19.4. The number of aromatic nitrogens is 2. The first-order valence-electron chi connectivity index (χ1n) is 8.35. The zero-order valence-electron chi connectivity index (χ0n) is 14.6. The van der Waals surface area contributed by atoms with E-state index in [9.17, 15) is 28.4 Å². The van der Waals surface area contributed by atoms with E-state index in [4.69, 9.17) is 4.74 Å². The second kappa shape index (κ2) is 7.54. The first-order chi connectivity index (χ1) is 13.2. The molecule has 28 heavy (non-hydrogen) atoms. The number of imidazole rings is 1. The molecule has 0 fully saturated rings. The van der Waals surface area contributed by atoms with Gasteiger partial charge in [0.05, 0.1) is 6.04 Å². The van der Waals surface area contributed by atoms with Crippen LogP contribution >= 0.6 is 0 Å². The number of nitrogens with zero attached hydrogens (tertiary/aromatic N) is 3. The Hall–Kier alpha value is -3.02. The molecule has 0 bridgehead atoms. The van der Waals surface area contributed by atoms with Gasteiger partial charge in [-0.3, -0.25) is 4.57 Å². The molecule has 0 unspecified atom stereocenters. The lowest BCUT2D eigenvalue weighted by atomic mass is 10.1. The van der Waals surface area contributed by atoms with Gasteiger partial charge in [0.25, 0.3) is 0 Å². The number of hydrogen-bond donors (Lipinski definition) is 2. The molecule has 0 saturated heterocycles. The molecule has 0 spiro atoms. The van der Waals surface area contributed by atoms with Gasteiger partial charge in [-0.1, -0.05) is 13.0 Å². The van der Waals surface area contributed by atoms with Gasteiger partial charge in [0.15, 0.2) is 11.5 Å². The second-order valence-electron chi connectivity index (χ2n) is 6.19. The van der Waals surface area contributed by atoms with Crippen LogP contribution in [0.15, 0.2) is 24.4 Å². The van der Waals surface area contributed by atoms with E-state index in [1.807, 2.05) is 6.92 Å². The van der Waals surface area contributed by atoms with Crippen molar-refractivity contribution < 1.29 is 32.7 Å². The molecule has 152 valence electrons. The summed E-state index contributed by atoms with van der Waals surface area (Å²) in [6, 6.07) is 3.55. The quantitative estimate of drug-likeness (QED) is 0.564. The summed E-state index contributed by atoms with van der Waals surface area (Å²) in [5.41, 5.74) is 0.532. The molecule has 1 aliphatic rings. The molecule has 0 radical (unpaired) electrons. The minimum atomic E-state index is -4.89. The fourth-order valence-electron chi connectivity index (χ4n) is 2.94. The molecular weight excluding hydrogens is 385 g/mol. The molecule has 1 aromatic heterocycles. The molecule has 2 heterocycles. The number of rotatable bonds is 6. The lowest BCUT2D eigenvalue weighted by Crippen LogP contribution is -2.48. The Morgan fingerprint density at radius 3 is 2.86 bits per heavy atom. The number of nitrogens with one attached hydrogen (secondary N) is 1. The molecule has 2 atom stereocenters. The lowest BCUT2D eigenvalue weighted by molar-refractivity contribution is -0.389. The number of alkyl halides is 3. The van der Waals surface area contributed by atoms with Crippen molar-refractivity contribution in [3.63, 3.8) is 0 Å². The summed E-state index contributed by atoms with van der Waals surface area (Å²) >= 11 is 0. The number of nitro groups is 1. The largest absolute Gasteiger partial charge is 0.573 e. The maximum atomic E-state index is 12.3. The molecule has 9 nitrogen and oxygen atoms in total. The van der Waals surface area contributed by atoms with Crippen LogP contribution in [0.25, 0.3) is 0 Å². The van der Waals surface area contributed by atoms with E-state index in [1.165, 1.54) is 22.9 Å². The SMILES string of the molecule is CC[C@H]1Oc2nc([N+](=O)[O-])cn2C[C@@H]1NCc1ccc(OC(F)(F)F)c(O)c1. The smallest absolute Gasteiger partial charge is 0.504 e. The van der Waals surface area contributed by atoms with Crippen molar-refractivity contribution in [3.05, 3.63) is 40.1 Å². The van der Waals surface area contributed by atoms with E-state index in [1.54, 1.807) is 0 Å². The summed E-state index contributed by atoms with van der Waals surface area (Å²) in [5.74, 6) is -1.62. The van der Waals surface area contributed by atoms with Gasteiger partial charge in [0, 0.05) is 18.1 Å². The standard InChI is InChI=1S/C16H17F3N4O5/c1-2-12-10(7-22-8-14(23(25)26)21-15(22)27-12)20-6-9-3-4-13(11(24)5-9)28-16(17,18)19/h3-5,8,10,12,20,24H,2,6-7H2,1H3/t10-,12+/m0/s1. The molecule has 1 aromatic carbocycles. The van der Waals surface area contributed by atoms with Gasteiger partial charge in [-0.2, -0.15) is 0 Å². The van der Waals surface area contributed by atoms with Crippen LogP contribution < -0.4 is 14.8 Å². The van der Waals surface area contributed by atoms with Gasteiger partial charge in [-0.25, -0.2) is 0 Å². The topological polar surface area (TPSA) is 112 Å². The summed E-state index contributed by atoms with van der Waals surface area (Å²) < 4.78 is 47.7. The van der Waals surface area contributed by atoms with Crippen molar-refractivity contribution >= 4 is 5.82 Å². The van der Waals surface area contributed by atoms with Gasteiger partial charge in [0.2, 0.25) is 0 Å². The zero-order chi connectivity index (χ0) is 20.5. The van der Waals surface area contributed by atoms with Crippen LogP contribution in [0.4, 0.5) is 19.0 Å². The van der Waals surface area contributed by atoms with Crippen LogP contribution in [0, 0.1) is 10.1 Å². The van der Waals surface area contributed by atoms with E-state index < -0.39 is 22.8 Å². The molecule has 2 N–H and O–H groups in total. The van der Waals surface area contributed by atoms with Crippen LogP contribution in [-0.2, 0) is 13.1 Å². The summed E-state index contributed by atoms with van der Waals surface area (Å²) in [5, 5.41) is 23.8. The molecule has 1 aliphatic heterocycles. The first kappa shape index (κ1) is 19.7. The Morgan fingerprint density at radius 2 is 2.25 bits per heavy atom. The number of phenols is 1. The van der Waals surface area contributed by atoms with Crippen molar-refractivity contribution in [2.75, 3.05) is 0 Å². The van der Waals surface area contributed by atoms with Gasteiger partial charge in [0.1, 0.15) is 12.3 Å². The molecule has 2 aromatic rings. The predicted octanol–water partition coefficient (Wildman–Crippen LogP) is 2.72. The average molecular weight is 402 g/mol. The van der Waals surface area contributed by atoms with Crippen molar-refractivity contribution in [3.8, 4) is 17.5 Å². The highest BCUT2D eigenvalue weighted by molar-refractivity contribution is 5.41. The number of hydrogen-bond acceptors (Lipinski definition) is 7. The van der Waals surface area contributed by atoms with Crippen LogP contribution in [0.5, 0.6) is 17.5 Å². The summed E-state index contributed by atoms with van der Waals surface area (Å²) in [6.07, 6.45) is -3.29. The first-order valence-corrected chi connectivity index (χ1v) is 8.35. The second-order valence-corrected chi connectivity index (χ2v) is 6.19. The third-order valence-electron chi connectivity index (χ3n) is 4.23. The molecule has 0 aliphatic carbocycles. The van der Waals surface area contributed by atoms with E-state index in [-0.39, 0.29) is 30.5 Å². The summed E-state index contributed by atoms with van der Waals surface area (Å²) in [7, 11) is 0. The third kappa shape index (κ3) is 4.44.